The Kier molecular flexibility index (Phi) is 7.27. The van der Waals surface area contributed by atoms with E-state index in [1.807, 2.05) is 0 Å². The molecule has 1 saturated heterocycles. The summed E-state index contributed by atoms with van der Waals surface area (Å²) in [6.07, 6.45) is -7.32. The molecule has 2 N–H and O–H groups in total. The fourth-order valence-corrected chi connectivity index (χ4v) is 4.56. The van der Waals surface area contributed by atoms with Crippen molar-refractivity contribution in [3.63, 3.8) is 0 Å². The van der Waals surface area contributed by atoms with Crippen LogP contribution in [0.4, 0.5) is 0 Å². The van der Waals surface area contributed by atoms with Gasteiger partial charge in [-0.25, -0.2) is 4.79 Å². The van der Waals surface area contributed by atoms with Crippen molar-refractivity contribution in [1.82, 2.24) is 0 Å². The van der Waals surface area contributed by atoms with E-state index < -0.39 is 46.8 Å². The lowest BCUT2D eigenvalue weighted by Gasteiger charge is -2.41. The third-order valence-corrected chi connectivity index (χ3v) is 6.55. The van der Waals surface area contributed by atoms with Crippen LogP contribution in [-0.2, 0) is 23.8 Å². The molecule has 0 radical (unpaired) electrons. The van der Waals surface area contributed by atoms with Crippen LogP contribution >= 0.6 is 15.9 Å². The van der Waals surface area contributed by atoms with E-state index >= 15 is 0 Å². The molecule has 1 aliphatic rings. The molecule has 0 amide bonds. The Balaban J connectivity index is 1.81. The van der Waals surface area contributed by atoms with Crippen molar-refractivity contribution in [3.05, 3.63) is 65.7 Å². The highest BCUT2D eigenvalue weighted by atomic mass is 79.9. The maximum atomic E-state index is 12.6. The van der Waals surface area contributed by atoms with Crippen LogP contribution in [0.3, 0.4) is 0 Å². The highest BCUT2D eigenvalue weighted by molar-refractivity contribution is 9.09. The fourth-order valence-electron chi connectivity index (χ4n) is 2.96. The molecule has 3 rings (SSSR count). The zero-order valence-corrected chi connectivity index (χ0v) is 18.3. The van der Waals surface area contributed by atoms with Crippen molar-refractivity contribution in [2.24, 2.45) is 0 Å². The number of esters is 1. The molecule has 1 aliphatic heterocycles. The monoisotopic (exact) mass is 500 g/mol. The molecule has 30 heavy (non-hydrogen) atoms. The number of aliphatic hydroxyl groups excluding tert-OH is 2. The summed E-state index contributed by atoms with van der Waals surface area (Å²) in [5.41, 5.74) is 1.09. The van der Waals surface area contributed by atoms with Crippen molar-refractivity contribution in [1.29, 1.82) is 0 Å². The number of carbonyl (C=O) groups is 1. The third kappa shape index (κ3) is 5.08. The smallest absolute Gasteiger partial charge is 0.338 e. The van der Waals surface area contributed by atoms with Crippen molar-refractivity contribution in [3.8, 4) is 0 Å². The molecule has 0 aliphatic carbocycles. The van der Waals surface area contributed by atoms with Gasteiger partial charge in [0.05, 0.1) is 10.5 Å². The molecule has 8 nitrogen and oxygen atoms in total. The van der Waals surface area contributed by atoms with E-state index in [9.17, 15) is 23.4 Å². The first-order valence-electron chi connectivity index (χ1n) is 9.06. The molecule has 0 aromatic heterocycles. The average Bonchev–Trinajstić information content (AvgIpc) is 2.73. The van der Waals surface area contributed by atoms with Gasteiger partial charge >= 0.3 is 5.97 Å². The van der Waals surface area contributed by atoms with E-state index in [0.717, 1.165) is 5.56 Å². The quantitative estimate of drug-likeness (QED) is 0.349. The number of hydrogen-bond donors (Lipinski definition) is 2. The number of ether oxygens (including phenoxy) is 2. The summed E-state index contributed by atoms with van der Waals surface area (Å²) in [4.78, 5) is 12.3. The molecule has 0 saturated carbocycles. The third-order valence-electron chi connectivity index (χ3n) is 4.59. The lowest BCUT2D eigenvalue weighted by Crippen LogP contribution is -2.60. The van der Waals surface area contributed by atoms with Gasteiger partial charge in [0.1, 0.15) is 12.2 Å². The lowest BCUT2D eigenvalue weighted by atomic mass is 9.99. The molecule has 1 heterocycles. The molecule has 0 bridgehead atoms. The van der Waals surface area contributed by atoms with E-state index in [1.54, 1.807) is 37.3 Å². The minimum Gasteiger partial charge on any atom is -0.453 e. The Labute approximate surface area is 182 Å². The van der Waals surface area contributed by atoms with E-state index in [2.05, 4.69) is 15.9 Å². The lowest BCUT2D eigenvalue weighted by molar-refractivity contribution is -0.268. The molecule has 1 fully saturated rings. The predicted molar refractivity (Wildman–Crippen MR) is 110 cm³/mol. The number of aryl methyl sites for hydroxylation is 1. The summed E-state index contributed by atoms with van der Waals surface area (Å²) in [5, 5.41) is 21.1. The van der Waals surface area contributed by atoms with Gasteiger partial charge in [0.2, 0.25) is 0 Å². The normalized spacial score (nSPS) is 26.9. The highest BCUT2D eigenvalue weighted by Gasteiger charge is 2.49. The number of benzene rings is 2. The Morgan fingerprint density at radius 3 is 2.30 bits per heavy atom. The van der Waals surface area contributed by atoms with Gasteiger partial charge in [0.15, 0.2) is 18.5 Å². The van der Waals surface area contributed by atoms with E-state index in [0.29, 0.717) is 0 Å². The zero-order chi connectivity index (χ0) is 21.9. The summed E-state index contributed by atoms with van der Waals surface area (Å²) in [6.45, 7) is 1.80. The van der Waals surface area contributed by atoms with Crippen LogP contribution in [0.25, 0.3) is 0 Å². The molecule has 0 unspecified atom stereocenters. The maximum absolute atomic E-state index is 12.6. The molecule has 10 heteroatoms. The number of aliphatic hydroxyl groups is 2. The number of halogens is 1. The number of rotatable bonds is 6. The van der Waals surface area contributed by atoms with Gasteiger partial charge in [-0.2, -0.15) is 8.42 Å². The topological polar surface area (TPSA) is 119 Å². The molecule has 162 valence electrons. The van der Waals surface area contributed by atoms with E-state index in [-0.39, 0.29) is 15.8 Å². The first-order chi connectivity index (χ1) is 14.2. The van der Waals surface area contributed by atoms with Crippen molar-refractivity contribution in [2.75, 3.05) is 5.33 Å². The minimum absolute atomic E-state index is 0.116. The van der Waals surface area contributed by atoms with Gasteiger partial charge in [-0.1, -0.05) is 51.8 Å². The summed E-state index contributed by atoms with van der Waals surface area (Å²) in [6, 6.07) is 14.0. The van der Waals surface area contributed by atoms with Gasteiger partial charge in [0.25, 0.3) is 10.1 Å². The van der Waals surface area contributed by atoms with Gasteiger partial charge < -0.3 is 19.7 Å². The molecular formula is C20H21BrO8S. The number of hydrogen-bond acceptors (Lipinski definition) is 8. The summed E-state index contributed by atoms with van der Waals surface area (Å²) in [7, 11) is -4.32. The summed E-state index contributed by atoms with van der Waals surface area (Å²) >= 11 is 3.18. The first kappa shape index (κ1) is 22.9. The second kappa shape index (κ2) is 9.54. The first-order valence-corrected chi connectivity index (χ1v) is 11.6. The van der Waals surface area contributed by atoms with Crippen LogP contribution in [0.5, 0.6) is 0 Å². The summed E-state index contributed by atoms with van der Waals surface area (Å²) < 4.78 is 41.0. The van der Waals surface area contributed by atoms with Crippen molar-refractivity contribution >= 4 is 32.0 Å². The predicted octanol–water partition coefficient (Wildman–Crippen LogP) is 1.77. The van der Waals surface area contributed by atoms with Gasteiger partial charge in [0, 0.05) is 5.33 Å². The van der Waals surface area contributed by atoms with E-state index in [4.69, 9.17) is 13.7 Å². The molecule has 0 spiro atoms. The van der Waals surface area contributed by atoms with Crippen LogP contribution in [0, 0.1) is 6.92 Å². The standard InChI is InChI=1S/C20H21BrO8S/c1-12-7-9-14(10-8-12)30(25,26)29-18-16(22)17(15(11-21)27-20(18)24)28-19(23)13-5-3-2-4-6-13/h2-10,15-18,20,22,24H,11H2,1H3/t15-,16+,17-,18+,20+/m1/s1. The van der Waals surface area contributed by atoms with Gasteiger partial charge in [-0.05, 0) is 31.2 Å². The Hall–Kier alpha value is -1.82. The molecule has 5 atom stereocenters. The zero-order valence-electron chi connectivity index (χ0n) is 15.9. The van der Waals surface area contributed by atoms with Gasteiger partial charge in [-0.3, -0.25) is 4.18 Å². The van der Waals surface area contributed by atoms with Gasteiger partial charge in [-0.15, -0.1) is 0 Å². The average molecular weight is 501 g/mol. The fraction of sp³-hybridized carbons (Fsp3) is 0.350. The minimum atomic E-state index is -4.32. The van der Waals surface area contributed by atoms with Crippen molar-refractivity contribution < 1.29 is 37.1 Å². The molecule has 2 aromatic rings. The second-order valence-corrected chi connectivity index (χ2v) is 8.99. The number of alkyl halides is 1. The second-order valence-electron chi connectivity index (χ2n) is 6.77. The van der Waals surface area contributed by atoms with E-state index in [1.165, 1.54) is 24.3 Å². The summed E-state index contributed by atoms with van der Waals surface area (Å²) in [5.74, 6) is -0.731. The molecular weight excluding hydrogens is 480 g/mol. The Bertz CT molecular complexity index is 964. The van der Waals surface area contributed by atoms with Crippen molar-refractivity contribution in [2.45, 2.75) is 42.5 Å². The van der Waals surface area contributed by atoms with Crippen LogP contribution in [0.2, 0.25) is 0 Å². The van der Waals surface area contributed by atoms with Crippen LogP contribution < -0.4 is 0 Å². The highest BCUT2D eigenvalue weighted by Crippen LogP contribution is 2.29. The van der Waals surface area contributed by atoms with Crippen LogP contribution in [0.15, 0.2) is 59.5 Å². The Morgan fingerprint density at radius 1 is 1.07 bits per heavy atom. The van der Waals surface area contributed by atoms with Crippen LogP contribution in [0.1, 0.15) is 15.9 Å². The SMILES string of the molecule is Cc1ccc(S(=O)(=O)O[C@H]2[C@@H](O)[C@H](OC(=O)c3ccccc3)[C@@H](CBr)O[C@@H]2O)cc1. The van der Waals surface area contributed by atoms with Crippen LogP contribution in [-0.4, -0.2) is 60.6 Å². The number of carbonyl (C=O) groups excluding carboxylic acids is 1. The maximum Gasteiger partial charge on any atom is 0.338 e. The molecule has 2 aromatic carbocycles. The Morgan fingerprint density at radius 2 is 1.70 bits per heavy atom. The largest absolute Gasteiger partial charge is 0.453 e.